The summed E-state index contributed by atoms with van der Waals surface area (Å²) in [5, 5.41) is 0. The summed E-state index contributed by atoms with van der Waals surface area (Å²) >= 11 is 0. The molecule has 0 heterocycles. The van der Waals surface area contributed by atoms with Gasteiger partial charge in [0.25, 0.3) is 0 Å². The molecule has 0 N–H and O–H groups in total. The zero-order valence-electron chi connectivity index (χ0n) is 20.4. The van der Waals surface area contributed by atoms with Crippen LogP contribution in [0, 0.1) is 6.92 Å². The van der Waals surface area contributed by atoms with Crippen molar-refractivity contribution >= 4 is 0 Å². The lowest BCUT2D eigenvalue weighted by molar-refractivity contribution is 0.396. The SMILES string of the molecule is C=CCCCCCCc1ccc(-c2ccc(C3CCC(c4ccc(C)cc4)CC3)cc2)cc1. The molecule has 0 amide bonds. The summed E-state index contributed by atoms with van der Waals surface area (Å²) in [6.45, 7) is 5.98. The molecule has 1 fully saturated rings. The molecule has 4 rings (SSSR count). The van der Waals surface area contributed by atoms with E-state index >= 15 is 0 Å². The van der Waals surface area contributed by atoms with E-state index < -0.39 is 0 Å². The van der Waals surface area contributed by atoms with Crippen molar-refractivity contribution in [3.63, 3.8) is 0 Å². The Morgan fingerprint density at radius 3 is 1.67 bits per heavy atom. The van der Waals surface area contributed by atoms with E-state index in [9.17, 15) is 0 Å². The quantitative estimate of drug-likeness (QED) is 0.219. The van der Waals surface area contributed by atoms with Crippen molar-refractivity contribution in [1.82, 2.24) is 0 Å². The average Bonchev–Trinajstić information content (AvgIpc) is 2.87. The van der Waals surface area contributed by atoms with E-state index in [2.05, 4.69) is 86.3 Å². The second-order valence-corrected chi connectivity index (χ2v) is 10.0. The predicted molar refractivity (Wildman–Crippen MR) is 144 cm³/mol. The van der Waals surface area contributed by atoms with E-state index in [4.69, 9.17) is 0 Å². The molecule has 3 aromatic rings. The number of benzene rings is 3. The maximum atomic E-state index is 3.80. The molecule has 0 nitrogen and oxygen atoms in total. The fraction of sp³-hybridized carbons (Fsp3) is 0.394. The highest BCUT2D eigenvalue weighted by molar-refractivity contribution is 5.64. The van der Waals surface area contributed by atoms with Gasteiger partial charge in [0.15, 0.2) is 0 Å². The van der Waals surface area contributed by atoms with Gasteiger partial charge in [0.1, 0.15) is 0 Å². The van der Waals surface area contributed by atoms with Crippen LogP contribution < -0.4 is 0 Å². The van der Waals surface area contributed by atoms with Crippen molar-refractivity contribution in [2.45, 2.75) is 83.0 Å². The Hall–Kier alpha value is -2.60. The van der Waals surface area contributed by atoms with Gasteiger partial charge in [0.05, 0.1) is 0 Å². The second-order valence-electron chi connectivity index (χ2n) is 10.0. The lowest BCUT2D eigenvalue weighted by atomic mass is 9.76. The molecule has 0 bridgehead atoms. The first kappa shape index (κ1) is 23.6. The molecule has 0 heteroatoms. The molecular formula is C33H40. The number of hydrogen-bond acceptors (Lipinski definition) is 0. The van der Waals surface area contributed by atoms with Crippen molar-refractivity contribution in [3.8, 4) is 11.1 Å². The van der Waals surface area contributed by atoms with Gasteiger partial charge in [0, 0.05) is 0 Å². The molecule has 0 atom stereocenters. The van der Waals surface area contributed by atoms with Crippen molar-refractivity contribution in [1.29, 1.82) is 0 Å². The predicted octanol–water partition coefficient (Wildman–Crippen LogP) is 9.78. The molecule has 0 aliphatic heterocycles. The number of allylic oxidation sites excluding steroid dienone is 1. The molecular weight excluding hydrogens is 396 g/mol. The summed E-state index contributed by atoms with van der Waals surface area (Å²) in [4.78, 5) is 0. The minimum absolute atomic E-state index is 0.717. The van der Waals surface area contributed by atoms with Gasteiger partial charge in [-0.05, 0) is 97.9 Å². The smallest absolute Gasteiger partial charge is 0.0162 e. The van der Waals surface area contributed by atoms with Crippen LogP contribution in [0.15, 0.2) is 85.5 Å². The summed E-state index contributed by atoms with van der Waals surface area (Å²) in [5.74, 6) is 1.46. The van der Waals surface area contributed by atoms with Crippen LogP contribution in [0.2, 0.25) is 0 Å². The summed E-state index contributed by atoms with van der Waals surface area (Å²) in [6.07, 6.45) is 14.8. The number of aryl methyl sites for hydroxylation is 2. The summed E-state index contributed by atoms with van der Waals surface area (Å²) < 4.78 is 0. The van der Waals surface area contributed by atoms with E-state index in [1.54, 1.807) is 0 Å². The third kappa shape index (κ3) is 6.70. The zero-order valence-corrected chi connectivity index (χ0v) is 20.4. The van der Waals surface area contributed by atoms with Crippen LogP contribution in [0.5, 0.6) is 0 Å². The van der Waals surface area contributed by atoms with Crippen molar-refractivity contribution < 1.29 is 0 Å². The van der Waals surface area contributed by atoms with Crippen LogP contribution in [0.4, 0.5) is 0 Å². The van der Waals surface area contributed by atoms with Crippen LogP contribution in [-0.4, -0.2) is 0 Å². The zero-order chi connectivity index (χ0) is 22.9. The Balaban J connectivity index is 1.27. The Kier molecular flexibility index (Phi) is 8.59. The van der Waals surface area contributed by atoms with Crippen LogP contribution in [0.1, 0.15) is 91.9 Å². The summed E-state index contributed by atoms with van der Waals surface area (Å²) in [7, 11) is 0. The monoisotopic (exact) mass is 436 g/mol. The molecule has 3 aromatic carbocycles. The first-order valence-electron chi connectivity index (χ1n) is 13.1. The molecule has 33 heavy (non-hydrogen) atoms. The van der Waals surface area contributed by atoms with E-state index in [1.807, 2.05) is 6.08 Å². The minimum Gasteiger partial charge on any atom is -0.103 e. The van der Waals surface area contributed by atoms with Crippen molar-refractivity contribution in [3.05, 3.63) is 108 Å². The Morgan fingerprint density at radius 2 is 1.12 bits per heavy atom. The van der Waals surface area contributed by atoms with Gasteiger partial charge in [-0.3, -0.25) is 0 Å². The van der Waals surface area contributed by atoms with Crippen molar-refractivity contribution in [2.75, 3.05) is 0 Å². The van der Waals surface area contributed by atoms with E-state index in [1.165, 1.54) is 91.2 Å². The fourth-order valence-electron chi connectivity index (χ4n) is 5.38. The first-order valence-corrected chi connectivity index (χ1v) is 13.1. The first-order chi connectivity index (χ1) is 16.2. The summed E-state index contributed by atoms with van der Waals surface area (Å²) in [5.41, 5.74) is 8.55. The van der Waals surface area contributed by atoms with Gasteiger partial charge in [0.2, 0.25) is 0 Å². The van der Waals surface area contributed by atoms with Crippen LogP contribution in [0.25, 0.3) is 11.1 Å². The van der Waals surface area contributed by atoms with E-state index in [0.717, 1.165) is 18.3 Å². The van der Waals surface area contributed by atoms with Gasteiger partial charge >= 0.3 is 0 Å². The molecule has 1 aliphatic carbocycles. The standard InChI is InChI=1S/C33H40/c1-3-4-5-6-7-8-9-27-12-16-29(17-13-27)31-20-24-33(25-21-31)32-22-18-30(19-23-32)28-14-10-26(2)11-15-28/h3,10-17,20-21,24-25,30,32H,1,4-9,18-19,22-23H2,2H3. The number of rotatable bonds is 10. The molecule has 0 radical (unpaired) electrons. The highest BCUT2D eigenvalue weighted by Gasteiger charge is 2.23. The van der Waals surface area contributed by atoms with Crippen LogP contribution >= 0.6 is 0 Å². The Bertz CT molecular complexity index is 968. The Morgan fingerprint density at radius 1 is 0.636 bits per heavy atom. The molecule has 0 saturated heterocycles. The van der Waals surface area contributed by atoms with Gasteiger partial charge in [-0.2, -0.15) is 0 Å². The minimum atomic E-state index is 0.717. The molecule has 1 aliphatic rings. The molecule has 0 spiro atoms. The highest BCUT2D eigenvalue weighted by Crippen LogP contribution is 2.40. The number of unbranched alkanes of at least 4 members (excludes halogenated alkanes) is 4. The highest BCUT2D eigenvalue weighted by atomic mass is 14.3. The van der Waals surface area contributed by atoms with Gasteiger partial charge in [-0.15, -0.1) is 6.58 Å². The molecule has 172 valence electrons. The van der Waals surface area contributed by atoms with Crippen molar-refractivity contribution in [2.24, 2.45) is 0 Å². The van der Waals surface area contributed by atoms with Crippen LogP contribution in [0.3, 0.4) is 0 Å². The van der Waals surface area contributed by atoms with Gasteiger partial charge in [-0.25, -0.2) is 0 Å². The largest absolute Gasteiger partial charge is 0.103 e. The molecule has 0 aromatic heterocycles. The fourth-order valence-corrected chi connectivity index (χ4v) is 5.38. The average molecular weight is 437 g/mol. The van der Waals surface area contributed by atoms with Crippen LogP contribution in [-0.2, 0) is 6.42 Å². The molecule has 1 saturated carbocycles. The topological polar surface area (TPSA) is 0 Å². The van der Waals surface area contributed by atoms with E-state index in [-0.39, 0.29) is 0 Å². The Labute approximate surface area is 201 Å². The maximum Gasteiger partial charge on any atom is -0.0162 e. The lowest BCUT2D eigenvalue weighted by Gasteiger charge is -2.29. The third-order valence-electron chi connectivity index (χ3n) is 7.57. The van der Waals surface area contributed by atoms with Gasteiger partial charge < -0.3 is 0 Å². The normalized spacial score (nSPS) is 18.2. The second kappa shape index (κ2) is 12.0. The maximum absolute atomic E-state index is 3.80. The van der Waals surface area contributed by atoms with E-state index in [0.29, 0.717) is 0 Å². The lowest BCUT2D eigenvalue weighted by Crippen LogP contribution is -2.12. The molecule has 0 unspecified atom stereocenters. The summed E-state index contributed by atoms with van der Waals surface area (Å²) in [6, 6.07) is 27.9. The number of hydrogen-bond donors (Lipinski definition) is 0. The third-order valence-corrected chi connectivity index (χ3v) is 7.57. The van der Waals surface area contributed by atoms with Gasteiger partial charge in [-0.1, -0.05) is 97.3 Å².